The predicted molar refractivity (Wildman–Crippen MR) is 104 cm³/mol. The van der Waals surface area contributed by atoms with Crippen LogP contribution in [0.25, 0.3) is 0 Å². The van der Waals surface area contributed by atoms with E-state index < -0.39 is 18.0 Å². The molecule has 1 aliphatic rings. The molecule has 2 aromatic carbocycles. The minimum absolute atomic E-state index is 0.151. The van der Waals surface area contributed by atoms with Gasteiger partial charge in [-0.25, -0.2) is 0 Å². The maximum Gasteiger partial charge on any atom is 0.306 e. The van der Waals surface area contributed by atoms with E-state index in [1.807, 2.05) is 0 Å². The summed E-state index contributed by atoms with van der Waals surface area (Å²) in [6.07, 6.45) is -0.297. The highest BCUT2D eigenvalue weighted by atomic mass is 16.7. The molecule has 8 heteroatoms. The molecular weight excluding hydrogens is 378 g/mol. The van der Waals surface area contributed by atoms with Crippen LogP contribution in [0.15, 0.2) is 42.5 Å². The Hall–Kier alpha value is -3.42. The van der Waals surface area contributed by atoms with Gasteiger partial charge in [-0.15, -0.1) is 0 Å². The molecule has 1 heterocycles. The van der Waals surface area contributed by atoms with Crippen LogP contribution in [0.3, 0.4) is 0 Å². The fourth-order valence-electron chi connectivity index (χ4n) is 2.61. The first-order valence-electron chi connectivity index (χ1n) is 9.22. The molecule has 0 aliphatic carbocycles. The number of carbonyl (C=O) groups excluding carboxylic acids is 2. The molecule has 0 aromatic heterocycles. The van der Waals surface area contributed by atoms with E-state index in [0.29, 0.717) is 36.0 Å². The lowest BCUT2D eigenvalue weighted by Gasteiger charge is -2.14. The Morgan fingerprint density at radius 2 is 1.79 bits per heavy atom. The van der Waals surface area contributed by atoms with Crippen LogP contribution in [-0.2, 0) is 14.3 Å². The Morgan fingerprint density at radius 3 is 2.55 bits per heavy atom. The van der Waals surface area contributed by atoms with Crippen LogP contribution in [0.1, 0.15) is 19.8 Å². The minimum atomic E-state index is -0.921. The summed E-state index contributed by atoms with van der Waals surface area (Å²) in [6.45, 7) is 2.04. The highest BCUT2D eigenvalue weighted by Gasteiger charge is 2.19. The van der Waals surface area contributed by atoms with Gasteiger partial charge in [-0.05, 0) is 49.7 Å². The second kappa shape index (κ2) is 9.68. The van der Waals surface area contributed by atoms with Gasteiger partial charge in [-0.1, -0.05) is 0 Å². The Morgan fingerprint density at radius 1 is 1.07 bits per heavy atom. The molecule has 0 unspecified atom stereocenters. The van der Waals surface area contributed by atoms with E-state index in [-0.39, 0.29) is 13.2 Å². The summed E-state index contributed by atoms with van der Waals surface area (Å²) in [4.78, 5) is 24.2. The van der Waals surface area contributed by atoms with Gasteiger partial charge in [0.2, 0.25) is 6.79 Å². The van der Waals surface area contributed by atoms with E-state index in [2.05, 4.69) is 5.32 Å². The van der Waals surface area contributed by atoms with Crippen LogP contribution in [0.5, 0.6) is 23.0 Å². The number of fused-ring (bicyclic) bond motifs is 1. The zero-order chi connectivity index (χ0) is 20.6. The summed E-state index contributed by atoms with van der Waals surface area (Å²) < 4.78 is 26.3. The lowest BCUT2D eigenvalue weighted by atomic mass is 10.2. The molecular formula is C21H23NO7. The first kappa shape index (κ1) is 20.3. The lowest BCUT2D eigenvalue weighted by Crippen LogP contribution is -2.30. The van der Waals surface area contributed by atoms with Crippen LogP contribution in [-0.4, -0.2) is 38.5 Å². The molecule has 0 saturated carbocycles. The van der Waals surface area contributed by atoms with Gasteiger partial charge in [0, 0.05) is 18.2 Å². The fourth-order valence-corrected chi connectivity index (χ4v) is 2.61. The maximum atomic E-state index is 12.2. The molecule has 29 heavy (non-hydrogen) atoms. The predicted octanol–water partition coefficient (Wildman–Crippen LogP) is 3.15. The molecule has 1 N–H and O–H groups in total. The molecule has 154 valence electrons. The fraction of sp³-hybridized carbons (Fsp3) is 0.333. The number of benzene rings is 2. The second-order valence-corrected chi connectivity index (χ2v) is 6.32. The monoisotopic (exact) mass is 401 g/mol. The largest absolute Gasteiger partial charge is 0.497 e. The van der Waals surface area contributed by atoms with E-state index in [4.69, 9.17) is 23.7 Å². The Balaban J connectivity index is 1.36. The smallest absolute Gasteiger partial charge is 0.306 e. The SMILES string of the molecule is COc1ccc(OCCCC(=O)O[C@@H](C)C(=O)Nc2ccc3c(c2)OCO3)cc1. The normalized spacial score (nSPS) is 12.8. The standard InChI is InChI=1S/C21H23NO7/c1-14(21(24)22-15-5-10-18-19(12-15)28-13-27-18)29-20(23)4-3-11-26-17-8-6-16(25-2)7-9-17/h5-10,12,14H,3-4,11,13H2,1-2H3,(H,22,24)/t14-/m0/s1. The van der Waals surface area contributed by atoms with Gasteiger partial charge in [-0.2, -0.15) is 0 Å². The van der Waals surface area contributed by atoms with Crippen molar-refractivity contribution in [3.05, 3.63) is 42.5 Å². The summed E-state index contributed by atoms with van der Waals surface area (Å²) in [5.41, 5.74) is 0.537. The van der Waals surface area contributed by atoms with Crippen LogP contribution in [0.2, 0.25) is 0 Å². The van der Waals surface area contributed by atoms with Crippen molar-refractivity contribution in [2.75, 3.05) is 25.8 Å². The van der Waals surface area contributed by atoms with Crippen molar-refractivity contribution in [3.8, 4) is 23.0 Å². The number of rotatable bonds is 9. The van der Waals surface area contributed by atoms with Gasteiger partial charge >= 0.3 is 5.97 Å². The van der Waals surface area contributed by atoms with Gasteiger partial charge in [-0.3, -0.25) is 9.59 Å². The van der Waals surface area contributed by atoms with E-state index >= 15 is 0 Å². The molecule has 0 saturated heterocycles. The Kier molecular flexibility index (Phi) is 6.78. The molecule has 0 fully saturated rings. The number of amides is 1. The summed E-state index contributed by atoms with van der Waals surface area (Å²) in [7, 11) is 1.60. The van der Waals surface area contributed by atoms with E-state index in [1.165, 1.54) is 6.92 Å². The number of esters is 1. The average molecular weight is 401 g/mol. The third-order valence-electron chi connectivity index (χ3n) is 4.17. The van der Waals surface area contributed by atoms with E-state index in [0.717, 1.165) is 5.75 Å². The van der Waals surface area contributed by atoms with Crippen molar-refractivity contribution in [2.45, 2.75) is 25.9 Å². The number of anilines is 1. The number of carbonyl (C=O) groups is 2. The molecule has 8 nitrogen and oxygen atoms in total. The van der Waals surface area contributed by atoms with Crippen molar-refractivity contribution >= 4 is 17.6 Å². The zero-order valence-corrected chi connectivity index (χ0v) is 16.3. The van der Waals surface area contributed by atoms with Gasteiger partial charge < -0.3 is 29.0 Å². The summed E-state index contributed by atoms with van der Waals surface area (Å²) in [5, 5.41) is 2.69. The highest BCUT2D eigenvalue weighted by Crippen LogP contribution is 2.34. The molecule has 0 bridgehead atoms. The third kappa shape index (κ3) is 5.78. The Bertz CT molecular complexity index is 851. The van der Waals surface area contributed by atoms with Crippen molar-refractivity contribution in [1.82, 2.24) is 0 Å². The van der Waals surface area contributed by atoms with Gasteiger partial charge in [0.1, 0.15) is 11.5 Å². The quantitative estimate of drug-likeness (QED) is 0.510. The number of hydrogen-bond donors (Lipinski definition) is 1. The van der Waals surface area contributed by atoms with Gasteiger partial charge in [0.25, 0.3) is 5.91 Å². The number of hydrogen-bond acceptors (Lipinski definition) is 7. The van der Waals surface area contributed by atoms with Crippen molar-refractivity contribution in [2.24, 2.45) is 0 Å². The first-order chi connectivity index (χ1) is 14.0. The average Bonchev–Trinajstić information content (AvgIpc) is 3.19. The summed E-state index contributed by atoms with van der Waals surface area (Å²) in [6, 6.07) is 12.2. The number of methoxy groups -OCH3 is 1. The maximum absolute atomic E-state index is 12.2. The minimum Gasteiger partial charge on any atom is -0.497 e. The van der Waals surface area contributed by atoms with Gasteiger partial charge in [0.05, 0.1) is 13.7 Å². The van der Waals surface area contributed by atoms with Crippen molar-refractivity contribution in [1.29, 1.82) is 0 Å². The molecule has 1 aliphatic heterocycles. The summed E-state index contributed by atoms with van der Waals surface area (Å²) in [5.74, 6) is 1.73. The number of nitrogens with one attached hydrogen (secondary N) is 1. The molecule has 0 spiro atoms. The van der Waals surface area contributed by atoms with Crippen LogP contribution < -0.4 is 24.3 Å². The molecule has 0 radical (unpaired) electrons. The summed E-state index contributed by atoms with van der Waals surface area (Å²) >= 11 is 0. The van der Waals surface area contributed by atoms with Crippen LogP contribution >= 0.6 is 0 Å². The van der Waals surface area contributed by atoms with Gasteiger partial charge in [0.15, 0.2) is 17.6 Å². The van der Waals surface area contributed by atoms with Crippen LogP contribution in [0, 0.1) is 0 Å². The molecule has 2 aromatic rings. The zero-order valence-electron chi connectivity index (χ0n) is 16.3. The first-order valence-corrected chi connectivity index (χ1v) is 9.22. The lowest BCUT2D eigenvalue weighted by molar-refractivity contribution is -0.153. The van der Waals surface area contributed by atoms with Crippen molar-refractivity contribution in [3.63, 3.8) is 0 Å². The Labute approximate surface area is 168 Å². The molecule has 1 amide bonds. The number of ether oxygens (including phenoxy) is 5. The molecule has 1 atom stereocenters. The third-order valence-corrected chi connectivity index (χ3v) is 4.17. The van der Waals surface area contributed by atoms with E-state index in [9.17, 15) is 9.59 Å². The molecule has 3 rings (SSSR count). The highest BCUT2D eigenvalue weighted by molar-refractivity contribution is 5.95. The topological polar surface area (TPSA) is 92.3 Å². The van der Waals surface area contributed by atoms with Crippen molar-refractivity contribution < 1.29 is 33.3 Å². The van der Waals surface area contributed by atoms with E-state index in [1.54, 1.807) is 49.6 Å². The second-order valence-electron chi connectivity index (χ2n) is 6.32. The van der Waals surface area contributed by atoms with Crippen LogP contribution in [0.4, 0.5) is 5.69 Å².